The number of hydrogen-bond donors (Lipinski definition) is 3. The van der Waals surface area contributed by atoms with Crippen molar-refractivity contribution < 1.29 is 66.5 Å². The van der Waals surface area contributed by atoms with Crippen molar-refractivity contribution in [3.05, 3.63) is 70.7 Å². The van der Waals surface area contributed by atoms with Crippen molar-refractivity contribution in [2.24, 2.45) is 5.92 Å². The van der Waals surface area contributed by atoms with E-state index in [1.165, 1.54) is 37.2 Å². The molecule has 3 rings (SSSR count). The molecular weight excluding hydrogens is 869 g/mol. The third kappa shape index (κ3) is 17.2. The van der Waals surface area contributed by atoms with E-state index < -0.39 is 72.6 Å². The Morgan fingerprint density at radius 1 is 0.851 bits per heavy atom. The normalized spacial score (nSPS) is 12.0. The Labute approximate surface area is 391 Å². The monoisotopic (exact) mass is 932 g/mol. The molecule has 0 saturated heterocycles. The van der Waals surface area contributed by atoms with Gasteiger partial charge in [0.05, 0.1) is 55.1 Å². The predicted molar refractivity (Wildman–Crippen MR) is 244 cm³/mol. The first-order valence-corrected chi connectivity index (χ1v) is 22.6. The van der Waals surface area contributed by atoms with Crippen molar-refractivity contribution in [3.63, 3.8) is 0 Å². The van der Waals surface area contributed by atoms with Crippen LogP contribution in [-0.4, -0.2) is 104 Å². The van der Waals surface area contributed by atoms with E-state index in [1.54, 1.807) is 33.0 Å². The summed E-state index contributed by atoms with van der Waals surface area (Å²) >= 11 is 0. The number of nitrogens with zero attached hydrogens (tertiary/aromatic N) is 2. The predicted octanol–water partition coefficient (Wildman–Crippen LogP) is 5.73. The number of nitrogens with one attached hydrogen (secondary N) is 3. The van der Waals surface area contributed by atoms with Crippen molar-refractivity contribution >= 4 is 55.5 Å². The van der Waals surface area contributed by atoms with Crippen LogP contribution in [0.2, 0.25) is 6.82 Å². The van der Waals surface area contributed by atoms with Crippen molar-refractivity contribution in [1.29, 1.82) is 0 Å². The van der Waals surface area contributed by atoms with Crippen LogP contribution in [0.4, 0.5) is 0 Å². The van der Waals surface area contributed by atoms with Gasteiger partial charge in [0, 0.05) is 11.8 Å². The van der Waals surface area contributed by atoms with Gasteiger partial charge in [0.1, 0.15) is 17.6 Å². The quantitative estimate of drug-likeness (QED) is 0.0180. The fraction of sp³-hybridized carbons (Fsp3) is 0.511. The Hall–Kier alpha value is -6.73. The maximum absolute atomic E-state index is 13.7. The van der Waals surface area contributed by atoms with Crippen LogP contribution >= 0.6 is 0 Å². The lowest BCUT2D eigenvalue weighted by Crippen LogP contribution is -2.49. The van der Waals surface area contributed by atoms with Crippen molar-refractivity contribution in [1.82, 2.24) is 26.0 Å². The summed E-state index contributed by atoms with van der Waals surface area (Å²) in [7, 11) is 1.16. The number of ether oxygens (including phenoxy) is 3. The van der Waals surface area contributed by atoms with Gasteiger partial charge >= 0.3 is 31.4 Å². The zero-order chi connectivity index (χ0) is 49.3. The Morgan fingerprint density at radius 3 is 2.22 bits per heavy atom. The molecule has 0 spiro atoms. The summed E-state index contributed by atoms with van der Waals surface area (Å²) < 4.78 is 26.9. The topological polar surface area (TPSA) is 248 Å². The smallest absolute Gasteiger partial charge is 0.370 e. The second-order valence-corrected chi connectivity index (χ2v) is 15.4. The number of aromatic nitrogens is 1. The Kier molecular flexibility index (Phi) is 23.7. The number of pyridine rings is 1. The summed E-state index contributed by atoms with van der Waals surface area (Å²) in [6.45, 7) is 11.8. The molecule has 67 heavy (non-hydrogen) atoms. The van der Waals surface area contributed by atoms with Gasteiger partial charge in [0.25, 0.3) is 11.8 Å². The lowest BCUT2D eigenvalue weighted by molar-refractivity contribution is -0.171. The number of unbranched alkanes of at least 4 members (excludes halogenated alkanes) is 4. The molecule has 0 fully saturated rings. The third-order valence-corrected chi connectivity index (χ3v) is 10.4. The van der Waals surface area contributed by atoms with E-state index in [-0.39, 0.29) is 54.7 Å². The fourth-order valence-corrected chi connectivity index (χ4v) is 6.80. The van der Waals surface area contributed by atoms with Crippen molar-refractivity contribution in [2.75, 3.05) is 26.5 Å². The van der Waals surface area contributed by atoms with Crippen LogP contribution in [0.5, 0.6) is 5.75 Å². The average molecular weight is 933 g/mol. The molecule has 0 bridgehead atoms. The highest BCUT2D eigenvalue weighted by Crippen LogP contribution is 2.30. The van der Waals surface area contributed by atoms with Crippen molar-refractivity contribution in [2.45, 2.75) is 125 Å². The molecular formula is C47H63BN5O14. The Balaban J connectivity index is 1.79. The molecule has 3 atom stereocenters. The molecule has 2 heterocycles. The van der Waals surface area contributed by atoms with Gasteiger partial charge in [-0.05, 0) is 75.4 Å². The van der Waals surface area contributed by atoms with Gasteiger partial charge in [-0.1, -0.05) is 72.7 Å². The molecule has 20 heteroatoms. The second kappa shape index (κ2) is 29.0. The van der Waals surface area contributed by atoms with Crippen LogP contribution in [0.3, 0.4) is 0 Å². The van der Waals surface area contributed by atoms with E-state index in [0.29, 0.717) is 48.9 Å². The summed E-state index contributed by atoms with van der Waals surface area (Å²) in [6.07, 6.45) is 7.13. The van der Waals surface area contributed by atoms with Gasteiger partial charge in [0.2, 0.25) is 12.3 Å². The molecule has 4 amide bonds. The number of benzene rings is 1. The molecule has 0 aliphatic rings. The first-order valence-electron chi connectivity index (χ1n) is 22.6. The number of carbonyl (C=O) groups is 8. The van der Waals surface area contributed by atoms with Crippen LogP contribution in [0.15, 0.2) is 47.0 Å². The highest BCUT2D eigenvalue weighted by Gasteiger charge is 2.34. The summed E-state index contributed by atoms with van der Waals surface area (Å²) in [5, 5.41) is 8.69. The molecule has 363 valence electrons. The Bertz CT molecular complexity index is 2130. The number of amides is 4. The summed E-state index contributed by atoms with van der Waals surface area (Å²) in [6, 6.07) is 6.51. The minimum atomic E-state index is -1.40. The molecule has 0 aliphatic heterocycles. The van der Waals surface area contributed by atoms with Gasteiger partial charge in [-0.25, -0.2) is 9.59 Å². The van der Waals surface area contributed by atoms with Crippen LogP contribution in [-0.2, 0) is 42.9 Å². The minimum Gasteiger partial charge on any atom is -0.537 e. The molecule has 3 aromatic rings. The van der Waals surface area contributed by atoms with E-state index in [0.717, 1.165) is 38.2 Å². The molecule has 1 aromatic carbocycles. The third-order valence-electron chi connectivity index (χ3n) is 10.4. The van der Waals surface area contributed by atoms with Gasteiger partial charge in [-0.3, -0.25) is 33.8 Å². The highest BCUT2D eigenvalue weighted by molar-refractivity contribution is 6.28. The van der Waals surface area contributed by atoms with E-state index in [2.05, 4.69) is 20.9 Å². The zero-order valence-electron chi connectivity index (χ0n) is 39.4. The number of furan rings is 1. The highest BCUT2D eigenvalue weighted by atomic mass is 16.7. The molecule has 19 nitrogen and oxygen atoms in total. The molecule has 3 N–H and O–H groups in total. The van der Waals surface area contributed by atoms with Gasteiger partial charge in [-0.15, -0.1) is 0 Å². The standard InChI is InChI=1S/C47H63BN5O14/c1-8-12-15-16-33(36(11-4)53(29-54)67-47(61)42-30(5)21-22-49-31(42)6)43(57)50-28-51-45(59)38-20-19-37(65-38)32-17-18-34(39(25-32)64-27-41(56)66-48-7)44(58)52-35(46(60)63-24-14-10-3)26-40(55)62-23-13-9-2/h17-22,25,29,33,35-36H,8-16,23-24,26-28H2,1-7H3,(H,50,57)(H,51,59)(H,52,58)/t33-,35+,36-/m1/s1. The van der Waals surface area contributed by atoms with E-state index >= 15 is 0 Å². The average Bonchev–Trinajstić information content (AvgIpc) is 3.81. The van der Waals surface area contributed by atoms with Gasteiger partial charge < -0.3 is 44.1 Å². The number of rotatable bonds is 30. The molecule has 0 unspecified atom stereocenters. The summed E-state index contributed by atoms with van der Waals surface area (Å²) in [5.41, 5.74) is 1.46. The number of hydroxylamine groups is 2. The number of esters is 2. The second-order valence-electron chi connectivity index (χ2n) is 15.4. The minimum absolute atomic E-state index is 0.0815. The maximum Gasteiger partial charge on any atom is 0.370 e. The molecule has 2 aromatic heterocycles. The van der Waals surface area contributed by atoms with Crippen LogP contribution < -0.4 is 20.7 Å². The van der Waals surface area contributed by atoms with E-state index in [4.69, 9.17) is 28.1 Å². The first kappa shape index (κ1) is 54.6. The maximum atomic E-state index is 13.7. The first-order chi connectivity index (χ1) is 32.2. The van der Waals surface area contributed by atoms with E-state index in [1.807, 2.05) is 20.8 Å². The SMILES string of the molecule is C[B]OC(=O)COc1cc(-c2ccc(C(=O)NCNC(=O)[C@H](CCCCC)[C@@H](CC)N(C=O)OC(=O)c3c(C)ccnc3C)o2)ccc1C(=O)N[C@@H](CC(=O)OCCCC)C(=O)OCCCC. The fourth-order valence-electron chi connectivity index (χ4n) is 6.80. The lowest BCUT2D eigenvalue weighted by Gasteiger charge is -2.32. The van der Waals surface area contributed by atoms with Crippen molar-refractivity contribution in [3.8, 4) is 17.1 Å². The number of carbonyl (C=O) groups excluding carboxylic acids is 8. The largest absolute Gasteiger partial charge is 0.537 e. The van der Waals surface area contributed by atoms with Crippen LogP contribution in [0, 0.1) is 19.8 Å². The van der Waals surface area contributed by atoms with Crippen LogP contribution in [0.1, 0.15) is 134 Å². The molecule has 0 aliphatic carbocycles. The Morgan fingerprint density at radius 2 is 1.57 bits per heavy atom. The van der Waals surface area contributed by atoms with Crippen LogP contribution in [0.25, 0.3) is 11.3 Å². The lowest BCUT2D eigenvalue weighted by atomic mass is 9.90. The molecule has 0 saturated carbocycles. The zero-order valence-corrected chi connectivity index (χ0v) is 39.4. The van der Waals surface area contributed by atoms with Gasteiger partial charge in [0.15, 0.2) is 12.4 Å². The number of hydrogen-bond acceptors (Lipinski definition) is 15. The van der Waals surface area contributed by atoms with Gasteiger partial charge in [-0.2, -0.15) is 5.06 Å². The van der Waals surface area contributed by atoms with E-state index in [9.17, 15) is 38.4 Å². The number of aryl methyl sites for hydroxylation is 2. The summed E-state index contributed by atoms with van der Waals surface area (Å²) in [4.78, 5) is 114. The summed E-state index contributed by atoms with van der Waals surface area (Å²) in [5.74, 6) is -6.01. The molecule has 1 radical (unpaired) electrons.